The monoisotopic (exact) mass is 510 g/mol. The van der Waals surface area contributed by atoms with E-state index in [1.165, 1.54) is 7.11 Å². The van der Waals surface area contributed by atoms with Crippen molar-refractivity contribution in [1.29, 1.82) is 0 Å². The molecule has 0 aromatic heterocycles. The topological polar surface area (TPSA) is 89.5 Å². The minimum Gasteiger partial charge on any atom is -0.463 e. The van der Waals surface area contributed by atoms with Crippen LogP contribution >= 0.6 is 0 Å². The Morgan fingerprint density at radius 2 is 1.03 bits per heavy atom. The van der Waals surface area contributed by atoms with Crippen molar-refractivity contribution < 1.29 is 36.1 Å². The van der Waals surface area contributed by atoms with Gasteiger partial charge in [-0.3, -0.25) is 0 Å². The molecule has 0 rings (SSSR count). The Morgan fingerprint density at radius 1 is 0.645 bits per heavy atom. The van der Waals surface area contributed by atoms with Crippen molar-refractivity contribution in [1.82, 2.24) is 0 Å². The fraction of sp³-hybridized carbons (Fsp3) is 0.789. The molecule has 0 aromatic rings. The molecule has 0 aliphatic carbocycles. The Balaban J connectivity index is 4.98. The normalized spacial score (nSPS) is 13.5. The van der Waals surface area contributed by atoms with Crippen LogP contribution in [0.3, 0.4) is 0 Å². The summed E-state index contributed by atoms with van der Waals surface area (Å²) in [5.74, 6) is -1.21. The highest BCUT2D eigenvalue weighted by molar-refractivity contribution is 6.90. The van der Waals surface area contributed by atoms with E-state index < -0.39 is 45.7 Å². The third-order valence-electron chi connectivity index (χ3n) is 3.14. The Labute approximate surface area is 192 Å². The van der Waals surface area contributed by atoms with Crippen LogP contribution in [0.4, 0.5) is 0 Å². The van der Waals surface area contributed by atoms with Crippen LogP contribution in [-0.2, 0) is 36.1 Å². The highest BCUT2D eigenvalue weighted by Gasteiger charge is 2.49. The Bertz CT molecular complexity index is 550. The largest absolute Gasteiger partial charge is 0.469 e. The summed E-state index contributed by atoms with van der Waals surface area (Å²) in [5.41, 5.74) is 0. The average molecular weight is 511 g/mol. The van der Waals surface area contributed by atoms with Gasteiger partial charge in [0.1, 0.15) is 6.61 Å². The maximum atomic E-state index is 11.9. The molecule has 0 amide bonds. The van der Waals surface area contributed by atoms with Crippen LogP contribution in [0, 0.1) is 0 Å². The molecule has 0 bridgehead atoms. The van der Waals surface area contributed by atoms with Gasteiger partial charge in [-0.05, 0) is 65.3 Å². The predicted octanol–water partition coefficient (Wildman–Crippen LogP) is 4.16. The lowest BCUT2D eigenvalue weighted by atomic mass is 10.5. The number of carbonyl (C=O) groups excluding carboxylic acids is 2. The quantitative estimate of drug-likeness (QED) is 0.140. The molecule has 0 spiro atoms. The van der Waals surface area contributed by atoms with Gasteiger partial charge in [-0.2, -0.15) is 0 Å². The molecule has 0 aliphatic heterocycles. The molecule has 0 atom stereocenters. The summed E-state index contributed by atoms with van der Waals surface area (Å²) >= 11 is 0. The van der Waals surface area contributed by atoms with E-state index >= 15 is 0 Å². The Kier molecular flexibility index (Phi) is 12.9. The second kappa shape index (κ2) is 13.2. The predicted molar refractivity (Wildman–Crippen MR) is 131 cm³/mol. The Hall–Kier alpha value is -0.612. The maximum Gasteiger partial charge on any atom is 0.469 e. The number of ether oxygens (including phenoxy) is 3. The van der Waals surface area contributed by atoms with Crippen LogP contribution in [0.15, 0.2) is 12.2 Å². The van der Waals surface area contributed by atoms with E-state index in [1.807, 2.05) is 0 Å². The van der Waals surface area contributed by atoms with E-state index in [0.29, 0.717) is 19.1 Å². The number of esters is 2. The Morgan fingerprint density at radius 3 is 1.39 bits per heavy atom. The lowest BCUT2D eigenvalue weighted by molar-refractivity contribution is -0.141. The van der Waals surface area contributed by atoms with Gasteiger partial charge in [0, 0.05) is 25.3 Å². The number of carbonyl (C=O) groups is 2. The molecule has 0 saturated heterocycles. The molecule has 0 aromatic carbocycles. The summed E-state index contributed by atoms with van der Waals surface area (Å²) in [6, 6.07) is 0.585. The summed E-state index contributed by atoms with van der Waals surface area (Å²) in [6.45, 7) is 19.8. The smallest absolute Gasteiger partial charge is 0.463 e. The van der Waals surface area contributed by atoms with Gasteiger partial charge in [-0.25, -0.2) is 9.59 Å². The highest BCUT2D eigenvalue weighted by atomic mass is 28.5. The zero-order valence-electron chi connectivity index (χ0n) is 21.0. The minimum absolute atomic E-state index is 0.132. The van der Waals surface area contributed by atoms with Crippen molar-refractivity contribution in [3.8, 4) is 0 Å². The van der Waals surface area contributed by atoms with Crippen molar-refractivity contribution in [3.05, 3.63) is 12.2 Å². The molecule has 0 N–H and O–H groups in total. The van der Waals surface area contributed by atoms with Crippen LogP contribution in [0.2, 0.25) is 65.0 Å². The third-order valence-corrected chi connectivity index (χ3v) is 15.2. The van der Waals surface area contributed by atoms with E-state index in [9.17, 15) is 9.59 Å². The first-order valence-electron chi connectivity index (χ1n) is 10.6. The molecule has 0 heterocycles. The van der Waals surface area contributed by atoms with Gasteiger partial charge >= 0.3 is 20.7 Å². The summed E-state index contributed by atoms with van der Waals surface area (Å²) in [4.78, 5) is 23.4. The fourth-order valence-electron chi connectivity index (χ4n) is 2.53. The molecule has 0 fully saturated rings. The minimum atomic E-state index is -2.94. The van der Waals surface area contributed by atoms with Gasteiger partial charge in [0.05, 0.1) is 13.2 Å². The van der Waals surface area contributed by atoms with E-state index in [4.69, 9.17) is 26.6 Å². The molecule has 31 heavy (non-hydrogen) atoms. The van der Waals surface area contributed by atoms with Crippen molar-refractivity contribution in [2.24, 2.45) is 0 Å². The van der Waals surface area contributed by atoms with Gasteiger partial charge in [-0.1, -0.05) is 0 Å². The summed E-state index contributed by atoms with van der Waals surface area (Å²) in [7, 11) is -7.24. The molecule has 0 radical (unpaired) electrons. The van der Waals surface area contributed by atoms with E-state index in [-0.39, 0.29) is 13.2 Å². The van der Waals surface area contributed by atoms with Crippen LogP contribution < -0.4 is 0 Å². The second-order valence-corrected chi connectivity index (χ2v) is 27.1. The van der Waals surface area contributed by atoms with Crippen LogP contribution in [-0.4, -0.2) is 72.6 Å². The summed E-state index contributed by atoms with van der Waals surface area (Å²) in [6.07, 6.45) is 2.67. The maximum absolute atomic E-state index is 11.9. The first-order valence-corrected chi connectivity index (χ1v) is 22.7. The van der Waals surface area contributed by atoms with Crippen LogP contribution in [0.5, 0.6) is 0 Å². The van der Waals surface area contributed by atoms with Gasteiger partial charge in [0.2, 0.25) is 0 Å². The number of hydrogen-bond donors (Lipinski definition) is 0. The van der Waals surface area contributed by atoms with Gasteiger partial charge in [0.15, 0.2) is 25.0 Å². The van der Waals surface area contributed by atoms with Gasteiger partial charge in [-0.15, -0.1) is 0 Å². The fourth-order valence-corrected chi connectivity index (χ4v) is 17.2. The lowest BCUT2D eigenvalue weighted by Gasteiger charge is -2.42. The molecule has 12 heteroatoms. The molecule has 0 aliphatic rings. The molecule has 0 unspecified atom stereocenters. The SMILES string of the molecule is COCCOC(=O)C=CC(=O)OCCC[Si](O[Si](C)(C)C)(O[Si](C)(C)C)O[Si](C)(C)C. The number of rotatable bonds is 15. The molecule has 0 saturated carbocycles. The molecule has 182 valence electrons. The van der Waals surface area contributed by atoms with Crippen LogP contribution in [0.25, 0.3) is 0 Å². The molecular weight excluding hydrogens is 469 g/mol. The standard InChI is InChI=1S/C19H42O8Si4/c1-22-15-16-24-19(21)13-12-18(20)23-14-11-17-31(25-28(2,3)4,26-29(5,6)7)27-30(8,9)10/h12-13H,11,14-17H2,1-10H3. The van der Waals surface area contributed by atoms with E-state index in [2.05, 4.69) is 58.9 Å². The summed E-state index contributed by atoms with van der Waals surface area (Å²) in [5, 5.41) is 0. The van der Waals surface area contributed by atoms with E-state index in [1.54, 1.807) is 0 Å². The number of hydrogen-bond acceptors (Lipinski definition) is 8. The molecular formula is C19H42O8Si4. The third kappa shape index (κ3) is 17.6. The summed E-state index contributed by atoms with van der Waals surface area (Å²) < 4.78 is 34.6. The van der Waals surface area contributed by atoms with Crippen molar-refractivity contribution in [2.75, 3.05) is 26.9 Å². The van der Waals surface area contributed by atoms with Crippen molar-refractivity contribution in [3.63, 3.8) is 0 Å². The van der Waals surface area contributed by atoms with Crippen LogP contribution in [0.1, 0.15) is 6.42 Å². The number of methoxy groups -OCH3 is 1. The average Bonchev–Trinajstić information content (AvgIpc) is 2.52. The van der Waals surface area contributed by atoms with Crippen molar-refractivity contribution in [2.45, 2.75) is 71.4 Å². The first-order chi connectivity index (χ1) is 14.0. The zero-order valence-corrected chi connectivity index (χ0v) is 25.0. The van der Waals surface area contributed by atoms with Gasteiger partial charge in [0.25, 0.3) is 0 Å². The first kappa shape index (κ1) is 30.4. The molecule has 8 nitrogen and oxygen atoms in total. The van der Waals surface area contributed by atoms with Gasteiger partial charge < -0.3 is 26.6 Å². The van der Waals surface area contributed by atoms with E-state index in [0.717, 1.165) is 12.2 Å². The zero-order chi connectivity index (χ0) is 24.3. The highest BCUT2D eigenvalue weighted by Crippen LogP contribution is 2.29. The second-order valence-electron chi connectivity index (χ2n) is 10.1. The van der Waals surface area contributed by atoms with Crippen molar-refractivity contribution >= 4 is 45.7 Å². The lowest BCUT2D eigenvalue weighted by Crippen LogP contribution is -2.60.